The smallest absolute Gasteiger partial charge is 0.213 e. The molecule has 1 aliphatic rings. The minimum Gasteiger partial charge on any atom is -0.288 e. The van der Waals surface area contributed by atoms with Gasteiger partial charge in [-0.2, -0.15) is 9.57 Å². The summed E-state index contributed by atoms with van der Waals surface area (Å²) >= 11 is 0. The summed E-state index contributed by atoms with van der Waals surface area (Å²) in [5.41, 5.74) is 0. The van der Waals surface area contributed by atoms with Crippen molar-refractivity contribution in [2.75, 3.05) is 38.5 Å². The van der Waals surface area contributed by atoms with Crippen molar-refractivity contribution < 1.29 is 8.42 Å². The summed E-state index contributed by atoms with van der Waals surface area (Å²) in [7, 11) is -3.04. The molecule has 80 valence electrons. The van der Waals surface area contributed by atoms with Crippen molar-refractivity contribution in [2.24, 2.45) is 0 Å². The molecule has 5 nitrogen and oxygen atoms in total. The zero-order valence-corrected chi connectivity index (χ0v) is 9.13. The Hall–Kier alpha value is -0.640. The van der Waals surface area contributed by atoms with Gasteiger partial charge in [-0.1, -0.05) is 0 Å². The second-order valence-electron chi connectivity index (χ2n) is 3.23. The van der Waals surface area contributed by atoms with Crippen molar-refractivity contribution in [2.45, 2.75) is 6.92 Å². The van der Waals surface area contributed by atoms with E-state index in [1.54, 1.807) is 6.92 Å². The molecule has 0 N–H and O–H groups in total. The van der Waals surface area contributed by atoms with Crippen LogP contribution in [0.3, 0.4) is 0 Å². The summed E-state index contributed by atoms with van der Waals surface area (Å²) < 4.78 is 24.4. The van der Waals surface area contributed by atoms with Gasteiger partial charge in [0.05, 0.1) is 18.4 Å². The van der Waals surface area contributed by atoms with E-state index in [0.29, 0.717) is 32.7 Å². The molecule has 0 aromatic heterocycles. The van der Waals surface area contributed by atoms with Crippen LogP contribution in [0.5, 0.6) is 0 Å². The summed E-state index contributed by atoms with van der Waals surface area (Å²) in [5, 5.41) is 8.47. The molecular formula is C8H15N3O2S. The van der Waals surface area contributed by atoms with Crippen LogP contribution in [0.1, 0.15) is 6.92 Å². The Balaban J connectivity index is 2.48. The first-order chi connectivity index (χ1) is 6.60. The lowest BCUT2D eigenvalue weighted by Gasteiger charge is -2.32. The molecule has 1 aliphatic heterocycles. The van der Waals surface area contributed by atoms with E-state index in [4.69, 9.17) is 5.26 Å². The maximum atomic E-state index is 11.5. The van der Waals surface area contributed by atoms with E-state index in [-0.39, 0.29) is 5.75 Å². The molecule has 1 fully saturated rings. The number of nitrogens with zero attached hydrogens (tertiary/aromatic N) is 3. The molecule has 0 spiro atoms. The standard InChI is InChI=1S/C8H15N3O2S/c1-2-14(12,13)11-7-5-10(4-3-9)6-8-11/h2,4-8H2,1H3. The first-order valence-corrected chi connectivity index (χ1v) is 6.28. The van der Waals surface area contributed by atoms with Crippen LogP contribution in [0.4, 0.5) is 0 Å². The highest BCUT2D eigenvalue weighted by atomic mass is 32.2. The predicted molar refractivity (Wildman–Crippen MR) is 53.1 cm³/mol. The predicted octanol–water partition coefficient (Wildman–Crippen LogP) is -0.523. The molecule has 1 heterocycles. The van der Waals surface area contributed by atoms with E-state index < -0.39 is 10.0 Å². The average molecular weight is 217 g/mol. The molecule has 0 amide bonds. The SMILES string of the molecule is CCS(=O)(=O)N1CCN(CC#N)CC1. The summed E-state index contributed by atoms with van der Waals surface area (Å²) in [6.45, 7) is 4.38. The van der Waals surface area contributed by atoms with Crippen molar-refractivity contribution >= 4 is 10.0 Å². The molecule has 14 heavy (non-hydrogen) atoms. The van der Waals surface area contributed by atoms with E-state index >= 15 is 0 Å². The Bertz CT molecular complexity index is 312. The van der Waals surface area contributed by atoms with Crippen LogP contribution in [-0.2, 0) is 10.0 Å². The number of piperazine rings is 1. The Kier molecular flexibility index (Phi) is 3.86. The van der Waals surface area contributed by atoms with Crippen LogP contribution in [0.2, 0.25) is 0 Å². The molecule has 1 saturated heterocycles. The maximum Gasteiger partial charge on any atom is 0.213 e. The maximum absolute atomic E-state index is 11.5. The van der Waals surface area contributed by atoms with Gasteiger partial charge in [0.2, 0.25) is 10.0 Å². The molecule has 1 rings (SSSR count). The number of nitriles is 1. The van der Waals surface area contributed by atoms with Gasteiger partial charge >= 0.3 is 0 Å². The lowest BCUT2D eigenvalue weighted by atomic mass is 10.4. The van der Waals surface area contributed by atoms with E-state index in [2.05, 4.69) is 6.07 Å². The first-order valence-electron chi connectivity index (χ1n) is 4.67. The van der Waals surface area contributed by atoms with E-state index in [0.717, 1.165) is 0 Å². The molecule has 6 heteroatoms. The molecule has 0 aliphatic carbocycles. The topological polar surface area (TPSA) is 64.4 Å². The first kappa shape index (κ1) is 11.4. The summed E-state index contributed by atoms with van der Waals surface area (Å²) in [6.07, 6.45) is 0. The van der Waals surface area contributed by atoms with E-state index in [9.17, 15) is 8.42 Å². The highest BCUT2D eigenvalue weighted by molar-refractivity contribution is 7.89. The van der Waals surface area contributed by atoms with Gasteiger partial charge in [0.15, 0.2) is 0 Å². The molecule has 0 aromatic rings. The lowest BCUT2D eigenvalue weighted by molar-refractivity contribution is 0.206. The fourth-order valence-corrected chi connectivity index (χ4v) is 2.53. The number of hydrogen-bond donors (Lipinski definition) is 0. The van der Waals surface area contributed by atoms with Crippen molar-refractivity contribution in [3.05, 3.63) is 0 Å². The summed E-state index contributed by atoms with van der Waals surface area (Å²) in [5.74, 6) is 0.158. The highest BCUT2D eigenvalue weighted by Gasteiger charge is 2.24. The molecule has 0 bridgehead atoms. The Morgan fingerprint density at radius 1 is 1.29 bits per heavy atom. The molecular weight excluding hydrogens is 202 g/mol. The van der Waals surface area contributed by atoms with Gasteiger partial charge in [0.25, 0.3) is 0 Å². The molecule has 0 saturated carbocycles. The van der Waals surface area contributed by atoms with Gasteiger partial charge < -0.3 is 0 Å². The average Bonchev–Trinajstić information content (AvgIpc) is 2.19. The minimum absolute atomic E-state index is 0.158. The second kappa shape index (κ2) is 4.73. The summed E-state index contributed by atoms with van der Waals surface area (Å²) in [4.78, 5) is 1.96. The fourth-order valence-electron chi connectivity index (χ4n) is 1.45. The molecule has 0 radical (unpaired) electrons. The quantitative estimate of drug-likeness (QED) is 0.597. The van der Waals surface area contributed by atoms with Crippen LogP contribution >= 0.6 is 0 Å². The van der Waals surface area contributed by atoms with Crippen molar-refractivity contribution in [1.29, 1.82) is 5.26 Å². The summed E-state index contributed by atoms with van der Waals surface area (Å²) in [6, 6.07) is 2.06. The van der Waals surface area contributed by atoms with Crippen LogP contribution in [0.25, 0.3) is 0 Å². The third-order valence-corrected chi connectivity index (χ3v) is 4.27. The van der Waals surface area contributed by atoms with Crippen LogP contribution in [-0.4, -0.2) is 56.1 Å². The van der Waals surface area contributed by atoms with Crippen LogP contribution in [0, 0.1) is 11.3 Å². The Labute approximate surface area is 85.0 Å². The number of sulfonamides is 1. The van der Waals surface area contributed by atoms with Crippen LogP contribution < -0.4 is 0 Å². The zero-order chi connectivity index (χ0) is 10.6. The third-order valence-electron chi connectivity index (χ3n) is 2.38. The van der Waals surface area contributed by atoms with Gasteiger partial charge in [-0.3, -0.25) is 4.90 Å². The van der Waals surface area contributed by atoms with Gasteiger partial charge in [-0.15, -0.1) is 0 Å². The van der Waals surface area contributed by atoms with Gasteiger partial charge in [-0.05, 0) is 6.92 Å². The number of hydrogen-bond acceptors (Lipinski definition) is 4. The van der Waals surface area contributed by atoms with E-state index in [1.807, 2.05) is 4.90 Å². The highest BCUT2D eigenvalue weighted by Crippen LogP contribution is 2.07. The second-order valence-corrected chi connectivity index (χ2v) is 5.49. The molecule has 0 unspecified atom stereocenters. The normalized spacial score (nSPS) is 20.6. The monoisotopic (exact) mass is 217 g/mol. The third kappa shape index (κ3) is 2.67. The van der Waals surface area contributed by atoms with Crippen molar-refractivity contribution in [3.8, 4) is 6.07 Å². The Morgan fingerprint density at radius 3 is 2.29 bits per heavy atom. The largest absolute Gasteiger partial charge is 0.288 e. The van der Waals surface area contributed by atoms with Crippen molar-refractivity contribution in [1.82, 2.24) is 9.21 Å². The van der Waals surface area contributed by atoms with E-state index in [1.165, 1.54) is 4.31 Å². The van der Waals surface area contributed by atoms with Gasteiger partial charge in [0, 0.05) is 26.2 Å². The van der Waals surface area contributed by atoms with Gasteiger partial charge in [-0.25, -0.2) is 8.42 Å². The van der Waals surface area contributed by atoms with Crippen molar-refractivity contribution in [3.63, 3.8) is 0 Å². The lowest BCUT2D eigenvalue weighted by Crippen LogP contribution is -2.48. The zero-order valence-electron chi connectivity index (χ0n) is 8.31. The number of rotatable bonds is 3. The minimum atomic E-state index is -3.04. The fraction of sp³-hybridized carbons (Fsp3) is 0.875. The Morgan fingerprint density at radius 2 is 1.86 bits per heavy atom. The molecule has 0 atom stereocenters. The molecule has 0 aromatic carbocycles. The van der Waals surface area contributed by atoms with Crippen LogP contribution in [0.15, 0.2) is 0 Å². The van der Waals surface area contributed by atoms with Gasteiger partial charge in [0.1, 0.15) is 0 Å².